The van der Waals surface area contributed by atoms with Gasteiger partial charge in [0, 0.05) is 0 Å². The standard InChI is InChI=1S/C15H17NO3S/c1-19-15-11-7-6-10-14(15)16(20(2,17)18)12-13-8-4-3-5-9-13/h3-11H,12H2,1-2H3. The first kappa shape index (κ1) is 14.4. The van der Waals surface area contributed by atoms with E-state index in [4.69, 9.17) is 4.74 Å². The van der Waals surface area contributed by atoms with Crippen LogP contribution >= 0.6 is 0 Å². The van der Waals surface area contributed by atoms with E-state index in [-0.39, 0.29) is 6.54 Å². The number of rotatable bonds is 5. The van der Waals surface area contributed by atoms with Crippen LogP contribution in [0.15, 0.2) is 54.6 Å². The van der Waals surface area contributed by atoms with E-state index >= 15 is 0 Å². The molecule has 106 valence electrons. The van der Waals surface area contributed by atoms with Gasteiger partial charge in [0.05, 0.1) is 25.6 Å². The molecule has 5 heteroatoms. The number of ether oxygens (including phenoxy) is 1. The Morgan fingerprint density at radius 3 is 2.20 bits per heavy atom. The minimum Gasteiger partial charge on any atom is -0.495 e. The van der Waals surface area contributed by atoms with Crippen LogP contribution < -0.4 is 9.04 Å². The lowest BCUT2D eigenvalue weighted by molar-refractivity contribution is 0.415. The van der Waals surface area contributed by atoms with Gasteiger partial charge in [-0.15, -0.1) is 0 Å². The summed E-state index contributed by atoms with van der Waals surface area (Å²) in [6, 6.07) is 16.6. The molecule has 0 atom stereocenters. The van der Waals surface area contributed by atoms with Crippen molar-refractivity contribution in [2.24, 2.45) is 0 Å². The predicted octanol–water partition coefficient (Wildman–Crippen LogP) is 2.66. The molecule has 0 bridgehead atoms. The summed E-state index contributed by atoms with van der Waals surface area (Å²) >= 11 is 0. The first-order valence-corrected chi connectivity index (χ1v) is 8.02. The third-order valence-corrected chi connectivity index (χ3v) is 4.05. The summed E-state index contributed by atoms with van der Waals surface area (Å²) in [5.74, 6) is 0.536. The Labute approximate surface area is 119 Å². The van der Waals surface area contributed by atoms with E-state index in [0.29, 0.717) is 11.4 Å². The molecular weight excluding hydrogens is 274 g/mol. The Kier molecular flexibility index (Phi) is 4.29. The van der Waals surface area contributed by atoms with Gasteiger partial charge in [0.1, 0.15) is 5.75 Å². The molecule has 0 saturated carbocycles. The minimum atomic E-state index is -3.40. The van der Waals surface area contributed by atoms with E-state index in [1.54, 1.807) is 18.2 Å². The number of hydrogen-bond acceptors (Lipinski definition) is 3. The predicted molar refractivity (Wildman–Crippen MR) is 80.5 cm³/mol. The molecule has 0 amide bonds. The second-order valence-electron chi connectivity index (χ2n) is 4.43. The van der Waals surface area contributed by atoms with Crippen LogP contribution in [0.1, 0.15) is 5.56 Å². The van der Waals surface area contributed by atoms with Gasteiger partial charge in [-0.05, 0) is 17.7 Å². The van der Waals surface area contributed by atoms with Crippen molar-refractivity contribution in [3.8, 4) is 5.75 Å². The largest absolute Gasteiger partial charge is 0.495 e. The van der Waals surface area contributed by atoms with Gasteiger partial charge in [0.2, 0.25) is 10.0 Å². The molecular formula is C15H17NO3S. The molecule has 2 rings (SSSR count). The minimum absolute atomic E-state index is 0.278. The highest BCUT2D eigenvalue weighted by Gasteiger charge is 2.20. The van der Waals surface area contributed by atoms with Crippen LogP contribution in [-0.2, 0) is 16.6 Å². The van der Waals surface area contributed by atoms with Gasteiger partial charge in [-0.25, -0.2) is 8.42 Å². The highest BCUT2D eigenvalue weighted by molar-refractivity contribution is 7.92. The maximum atomic E-state index is 12.1. The topological polar surface area (TPSA) is 46.6 Å². The van der Waals surface area contributed by atoms with Gasteiger partial charge in [-0.3, -0.25) is 4.31 Å². The van der Waals surface area contributed by atoms with Gasteiger partial charge in [0.25, 0.3) is 0 Å². The second kappa shape index (κ2) is 5.96. The van der Waals surface area contributed by atoms with Crippen molar-refractivity contribution in [3.05, 3.63) is 60.2 Å². The lowest BCUT2D eigenvalue weighted by atomic mass is 10.2. The number of methoxy groups -OCH3 is 1. The zero-order valence-corrected chi connectivity index (χ0v) is 12.3. The lowest BCUT2D eigenvalue weighted by Crippen LogP contribution is -2.29. The molecule has 20 heavy (non-hydrogen) atoms. The Balaban J connectivity index is 2.44. The zero-order chi connectivity index (χ0) is 14.6. The Morgan fingerprint density at radius 1 is 1.00 bits per heavy atom. The Morgan fingerprint density at radius 2 is 1.60 bits per heavy atom. The number of anilines is 1. The van der Waals surface area contributed by atoms with Gasteiger partial charge in [-0.1, -0.05) is 42.5 Å². The average molecular weight is 291 g/mol. The first-order chi connectivity index (χ1) is 9.52. The van der Waals surface area contributed by atoms with Gasteiger partial charge in [0.15, 0.2) is 0 Å². The number of hydrogen-bond donors (Lipinski definition) is 0. The molecule has 0 saturated heterocycles. The third-order valence-electron chi connectivity index (χ3n) is 2.92. The monoisotopic (exact) mass is 291 g/mol. The number of sulfonamides is 1. The molecule has 0 aliphatic heterocycles. The quantitative estimate of drug-likeness (QED) is 0.851. The van der Waals surface area contributed by atoms with E-state index in [9.17, 15) is 8.42 Å². The zero-order valence-electron chi connectivity index (χ0n) is 11.5. The summed E-state index contributed by atoms with van der Waals surface area (Å²) in [4.78, 5) is 0. The molecule has 0 aliphatic carbocycles. The van der Waals surface area contributed by atoms with Crippen LogP contribution in [0.2, 0.25) is 0 Å². The van der Waals surface area contributed by atoms with Gasteiger partial charge < -0.3 is 4.74 Å². The lowest BCUT2D eigenvalue weighted by Gasteiger charge is -2.24. The molecule has 4 nitrogen and oxygen atoms in total. The fourth-order valence-electron chi connectivity index (χ4n) is 1.97. The molecule has 0 N–H and O–H groups in total. The molecule has 0 fully saturated rings. The summed E-state index contributed by atoms with van der Waals surface area (Å²) in [6.45, 7) is 0.278. The molecule has 2 aromatic carbocycles. The molecule has 2 aromatic rings. The number of para-hydroxylation sites is 2. The summed E-state index contributed by atoms with van der Waals surface area (Å²) in [7, 11) is -1.87. The third kappa shape index (κ3) is 3.30. The first-order valence-electron chi connectivity index (χ1n) is 6.17. The molecule has 0 aliphatic rings. The number of nitrogens with zero attached hydrogens (tertiary/aromatic N) is 1. The summed E-state index contributed by atoms with van der Waals surface area (Å²) < 4.78 is 30.8. The van der Waals surface area contributed by atoms with Crippen molar-refractivity contribution in [1.82, 2.24) is 0 Å². The second-order valence-corrected chi connectivity index (χ2v) is 6.33. The molecule has 0 radical (unpaired) electrons. The van der Waals surface area contributed by atoms with Gasteiger partial charge >= 0.3 is 0 Å². The fourth-order valence-corrected chi connectivity index (χ4v) is 2.86. The van der Waals surface area contributed by atoms with E-state index in [2.05, 4.69) is 0 Å². The van der Waals surface area contributed by atoms with Crippen molar-refractivity contribution in [2.75, 3.05) is 17.7 Å². The molecule has 0 unspecified atom stereocenters. The van der Waals surface area contributed by atoms with Crippen molar-refractivity contribution >= 4 is 15.7 Å². The van der Waals surface area contributed by atoms with Crippen LogP contribution in [-0.4, -0.2) is 21.8 Å². The van der Waals surface area contributed by atoms with Crippen molar-refractivity contribution in [1.29, 1.82) is 0 Å². The van der Waals surface area contributed by atoms with Crippen molar-refractivity contribution < 1.29 is 13.2 Å². The van der Waals surface area contributed by atoms with E-state index < -0.39 is 10.0 Å². The van der Waals surface area contributed by atoms with Crippen LogP contribution in [0.3, 0.4) is 0 Å². The van der Waals surface area contributed by atoms with Crippen LogP contribution in [0.5, 0.6) is 5.75 Å². The Bertz CT molecular complexity index is 669. The molecule has 0 aromatic heterocycles. The molecule has 0 heterocycles. The molecule has 0 spiro atoms. The van der Waals surface area contributed by atoms with E-state index in [1.807, 2.05) is 36.4 Å². The van der Waals surface area contributed by atoms with Crippen LogP contribution in [0, 0.1) is 0 Å². The van der Waals surface area contributed by atoms with Crippen molar-refractivity contribution in [2.45, 2.75) is 6.54 Å². The SMILES string of the molecule is COc1ccccc1N(Cc1ccccc1)S(C)(=O)=O. The highest BCUT2D eigenvalue weighted by atomic mass is 32.2. The van der Waals surface area contributed by atoms with Gasteiger partial charge in [-0.2, -0.15) is 0 Å². The summed E-state index contributed by atoms with van der Waals surface area (Å²) in [5, 5.41) is 0. The normalized spacial score (nSPS) is 11.1. The summed E-state index contributed by atoms with van der Waals surface area (Å²) in [6.07, 6.45) is 1.20. The average Bonchev–Trinajstić information content (AvgIpc) is 2.45. The van der Waals surface area contributed by atoms with Crippen LogP contribution in [0.25, 0.3) is 0 Å². The number of benzene rings is 2. The smallest absolute Gasteiger partial charge is 0.232 e. The fraction of sp³-hybridized carbons (Fsp3) is 0.200. The van der Waals surface area contributed by atoms with Crippen molar-refractivity contribution in [3.63, 3.8) is 0 Å². The van der Waals surface area contributed by atoms with E-state index in [0.717, 1.165) is 5.56 Å². The Hall–Kier alpha value is -2.01. The summed E-state index contributed by atoms with van der Waals surface area (Å²) in [5.41, 5.74) is 1.46. The maximum absolute atomic E-state index is 12.1. The maximum Gasteiger partial charge on any atom is 0.232 e. The highest BCUT2D eigenvalue weighted by Crippen LogP contribution is 2.30. The van der Waals surface area contributed by atoms with E-state index in [1.165, 1.54) is 17.7 Å². The van der Waals surface area contributed by atoms with Crippen LogP contribution in [0.4, 0.5) is 5.69 Å².